The predicted molar refractivity (Wildman–Crippen MR) is 102 cm³/mol. The molecule has 0 radical (unpaired) electrons. The SMILES string of the molecule is Cc1cc2c(-c3ccc(Cl)c(F)c3F)cc(C3CCOCC3)nc2nc1C. The van der Waals surface area contributed by atoms with E-state index in [1.165, 1.54) is 12.1 Å². The van der Waals surface area contributed by atoms with Gasteiger partial charge in [-0.15, -0.1) is 0 Å². The zero-order valence-corrected chi connectivity index (χ0v) is 15.9. The van der Waals surface area contributed by atoms with Crippen molar-refractivity contribution in [3.05, 3.63) is 57.9 Å². The Morgan fingerprint density at radius 2 is 1.74 bits per heavy atom. The number of pyridine rings is 2. The quantitative estimate of drug-likeness (QED) is 0.525. The summed E-state index contributed by atoms with van der Waals surface area (Å²) in [6, 6.07) is 6.68. The topological polar surface area (TPSA) is 35.0 Å². The molecule has 3 nitrogen and oxygen atoms in total. The van der Waals surface area contributed by atoms with E-state index in [4.69, 9.17) is 21.3 Å². The van der Waals surface area contributed by atoms with Gasteiger partial charge in [0.15, 0.2) is 17.3 Å². The molecule has 27 heavy (non-hydrogen) atoms. The number of halogens is 3. The molecule has 1 aliphatic rings. The van der Waals surface area contributed by atoms with E-state index in [2.05, 4.69) is 4.98 Å². The lowest BCUT2D eigenvalue weighted by Gasteiger charge is -2.23. The molecular weight excluding hydrogens is 370 g/mol. The van der Waals surface area contributed by atoms with Crippen LogP contribution in [-0.2, 0) is 4.74 Å². The third kappa shape index (κ3) is 3.30. The van der Waals surface area contributed by atoms with E-state index < -0.39 is 11.6 Å². The zero-order valence-electron chi connectivity index (χ0n) is 15.2. The molecule has 0 aliphatic carbocycles. The maximum atomic E-state index is 14.7. The molecule has 0 bridgehead atoms. The van der Waals surface area contributed by atoms with Gasteiger partial charge < -0.3 is 4.74 Å². The van der Waals surface area contributed by atoms with Crippen LogP contribution in [0.25, 0.3) is 22.2 Å². The number of fused-ring (bicyclic) bond motifs is 1. The first-order valence-corrected chi connectivity index (χ1v) is 9.34. The highest BCUT2D eigenvalue weighted by Gasteiger charge is 2.22. The molecule has 140 valence electrons. The maximum absolute atomic E-state index is 14.7. The first-order valence-electron chi connectivity index (χ1n) is 8.96. The van der Waals surface area contributed by atoms with E-state index >= 15 is 0 Å². The van der Waals surface area contributed by atoms with Gasteiger partial charge in [-0.2, -0.15) is 0 Å². The van der Waals surface area contributed by atoms with Gasteiger partial charge in [0.05, 0.1) is 5.02 Å². The molecule has 3 heterocycles. The van der Waals surface area contributed by atoms with Crippen molar-refractivity contribution in [3.8, 4) is 11.1 Å². The molecule has 0 saturated carbocycles. The van der Waals surface area contributed by atoms with Crippen molar-refractivity contribution < 1.29 is 13.5 Å². The third-order valence-electron chi connectivity index (χ3n) is 5.23. The fourth-order valence-electron chi connectivity index (χ4n) is 3.52. The smallest absolute Gasteiger partial charge is 0.178 e. The van der Waals surface area contributed by atoms with Crippen molar-refractivity contribution in [1.29, 1.82) is 0 Å². The Kier molecular flexibility index (Phi) is 4.82. The Balaban J connectivity index is 1.99. The normalized spacial score (nSPS) is 15.4. The van der Waals surface area contributed by atoms with Gasteiger partial charge in [0.1, 0.15) is 0 Å². The summed E-state index contributed by atoms with van der Waals surface area (Å²) < 4.78 is 34.3. The van der Waals surface area contributed by atoms with Crippen LogP contribution in [0.4, 0.5) is 8.78 Å². The second-order valence-electron chi connectivity index (χ2n) is 6.97. The molecular formula is C21H19ClF2N2O. The monoisotopic (exact) mass is 388 g/mol. The van der Waals surface area contributed by atoms with Crippen molar-refractivity contribution in [2.45, 2.75) is 32.6 Å². The highest BCUT2D eigenvalue weighted by atomic mass is 35.5. The molecule has 0 amide bonds. The van der Waals surface area contributed by atoms with E-state index in [1.54, 1.807) is 0 Å². The number of benzene rings is 1. The van der Waals surface area contributed by atoms with Crippen LogP contribution in [0.15, 0.2) is 24.3 Å². The Hall–Kier alpha value is -2.11. The van der Waals surface area contributed by atoms with Gasteiger partial charge >= 0.3 is 0 Å². The second kappa shape index (κ2) is 7.13. The number of hydrogen-bond acceptors (Lipinski definition) is 3. The minimum atomic E-state index is -1.04. The first kappa shape index (κ1) is 18.3. The largest absolute Gasteiger partial charge is 0.381 e. The number of nitrogens with zero attached hydrogens (tertiary/aromatic N) is 2. The Morgan fingerprint density at radius 1 is 1.00 bits per heavy atom. The lowest BCUT2D eigenvalue weighted by molar-refractivity contribution is 0.0846. The molecule has 1 aromatic carbocycles. The van der Waals surface area contributed by atoms with Crippen molar-refractivity contribution >= 4 is 22.6 Å². The lowest BCUT2D eigenvalue weighted by atomic mass is 9.92. The average molecular weight is 389 g/mol. The maximum Gasteiger partial charge on any atom is 0.178 e. The van der Waals surface area contributed by atoms with Crippen molar-refractivity contribution in [2.75, 3.05) is 13.2 Å². The standard InChI is InChI=1S/C21H19ClF2N2O/c1-11-9-16-15(14-3-4-17(22)20(24)19(14)23)10-18(13-5-7-27-8-6-13)26-21(16)25-12(11)2/h3-4,9-10,13H,5-8H2,1-2H3. The van der Waals surface area contributed by atoms with Gasteiger partial charge in [0.2, 0.25) is 0 Å². The molecule has 1 aliphatic heterocycles. The number of aryl methyl sites for hydroxylation is 2. The average Bonchev–Trinajstić information content (AvgIpc) is 2.67. The van der Waals surface area contributed by atoms with Crippen molar-refractivity contribution in [3.63, 3.8) is 0 Å². The molecule has 0 atom stereocenters. The second-order valence-corrected chi connectivity index (χ2v) is 7.37. The Morgan fingerprint density at radius 3 is 2.48 bits per heavy atom. The number of aromatic nitrogens is 2. The van der Waals surface area contributed by atoms with Crippen LogP contribution >= 0.6 is 11.6 Å². The van der Waals surface area contributed by atoms with Crippen LogP contribution < -0.4 is 0 Å². The summed E-state index contributed by atoms with van der Waals surface area (Å²) in [5.41, 5.74) is 3.98. The van der Waals surface area contributed by atoms with E-state index in [-0.39, 0.29) is 16.5 Å². The molecule has 4 rings (SSSR count). The van der Waals surface area contributed by atoms with E-state index in [0.717, 1.165) is 29.8 Å². The summed E-state index contributed by atoms with van der Waals surface area (Å²) in [7, 11) is 0. The van der Waals surface area contributed by atoms with Crippen LogP contribution in [-0.4, -0.2) is 23.2 Å². The van der Waals surface area contributed by atoms with Gasteiger partial charge in [0.25, 0.3) is 0 Å². The molecule has 2 aromatic heterocycles. The number of hydrogen-bond donors (Lipinski definition) is 0. The number of ether oxygens (including phenoxy) is 1. The molecule has 0 spiro atoms. The van der Waals surface area contributed by atoms with Crippen LogP contribution in [0.5, 0.6) is 0 Å². The molecule has 1 fully saturated rings. The van der Waals surface area contributed by atoms with Gasteiger partial charge in [-0.3, -0.25) is 0 Å². The molecule has 3 aromatic rings. The Labute approximate surface area is 161 Å². The van der Waals surface area contributed by atoms with Gasteiger partial charge in [-0.25, -0.2) is 18.7 Å². The molecule has 6 heteroatoms. The highest BCUT2D eigenvalue weighted by molar-refractivity contribution is 6.30. The summed E-state index contributed by atoms with van der Waals surface area (Å²) in [4.78, 5) is 9.35. The van der Waals surface area contributed by atoms with Crippen molar-refractivity contribution in [2.24, 2.45) is 0 Å². The van der Waals surface area contributed by atoms with E-state index in [9.17, 15) is 8.78 Å². The molecule has 0 unspecified atom stereocenters. The minimum absolute atomic E-state index is 0.169. The van der Waals surface area contributed by atoms with Crippen LogP contribution in [0.3, 0.4) is 0 Å². The fraction of sp³-hybridized carbons (Fsp3) is 0.333. The number of rotatable bonds is 2. The van der Waals surface area contributed by atoms with Gasteiger partial charge in [-0.1, -0.05) is 11.6 Å². The predicted octanol–water partition coefficient (Wildman–Crippen LogP) is 5.74. The van der Waals surface area contributed by atoms with Crippen LogP contribution in [0.1, 0.15) is 35.7 Å². The summed E-state index contributed by atoms with van der Waals surface area (Å²) in [6.45, 7) is 5.20. The van der Waals surface area contributed by atoms with E-state index in [1.807, 2.05) is 26.0 Å². The van der Waals surface area contributed by atoms with E-state index in [0.29, 0.717) is 29.8 Å². The first-order chi connectivity index (χ1) is 13.0. The van der Waals surface area contributed by atoms with Crippen LogP contribution in [0.2, 0.25) is 5.02 Å². The van der Waals surface area contributed by atoms with Crippen LogP contribution in [0, 0.1) is 25.5 Å². The molecule has 1 saturated heterocycles. The zero-order chi connectivity index (χ0) is 19.1. The summed E-state index contributed by atoms with van der Waals surface area (Å²) in [5, 5.41) is 0.471. The summed E-state index contributed by atoms with van der Waals surface area (Å²) in [5.74, 6) is -1.78. The van der Waals surface area contributed by atoms with Crippen molar-refractivity contribution in [1.82, 2.24) is 9.97 Å². The summed E-state index contributed by atoms with van der Waals surface area (Å²) in [6.07, 6.45) is 1.69. The summed E-state index contributed by atoms with van der Waals surface area (Å²) >= 11 is 5.74. The lowest BCUT2D eigenvalue weighted by Crippen LogP contribution is -2.15. The Bertz CT molecular complexity index is 1030. The third-order valence-corrected chi connectivity index (χ3v) is 5.52. The molecule has 0 N–H and O–H groups in total. The van der Waals surface area contributed by atoms with Gasteiger partial charge in [-0.05, 0) is 62.1 Å². The fourth-order valence-corrected chi connectivity index (χ4v) is 3.66. The van der Waals surface area contributed by atoms with Gasteiger partial charge in [0, 0.05) is 41.5 Å². The highest BCUT2D eigenvalue weighted by Crippen LogP contribution is 2.36. The minimum Gasteiger partial charge on any atom is -0.381 e.